The first-order chi connectivity index (χ1) is 15.6. The Kier molecular flexibility index (Phi) is 8.77. The third kappa shape index (κ3) is 5.93. The van der Waals surface area contributed by atoms with Crippen LogP contribution in [0.25, 0.3) is 0 Å². The third-order valence-electron chi connectivity index (χ3n) is 5.28. The van der Waals surface area contributed by atoms with E-state index in [2.05, 4.69) is 17.0 Å². The van der Waals surface area contributed by atoms with Crippen LogP contribution < -0.4 is 0 Å². The van der Waals surface area contributed by atoms with Crippen LogP contribution in [-0.2, 0) is 30.5 Å². The normalized spacial score (nSPS) is 25.3. The van der Waals surface area contributed by atoms with Crippen molar-refractivity contribution in [2.45, 2.75) is 44.3 Å². The highest BCUT2D eigenvalue weighted by Gasteiger charge is 2.46. The zero-order chi connectivity index (χ0) is 22.9. The molecule has 0 radical (unpaired) electrons. The van der Waals surface area contributed by atoms with Crippen molar-refractivity contribution in [3.8, 4) is 11.8 Å². The van der Waals surface area contributed by atoms with Gasteiger partial charge in [0.15, 0.2) is 6.10 Å². The van der Waals surface area contributed by atoms with E-state index in [1.807, 2.05) is 43.3 Å². The van der Waals surface area contributed by atoms with Gasteiger partial charge in [-0.15, -0.1) is 0 Å². The van der Waals surface area contributed by atoms with Gasteiger partial charge in [0.05, 0.1) is 12.3 Å². The molecule has 0 unspecified atom stereocenters. The van der Waals surface area contributed by atoms with Gasteiger partial charge in [0.25, 0.3) is 6.29 Å². The van der Waals surface area contributed by atoms with Crippen LogP contribution in [0.2, 0.25) is 0 Å². The zero-order valence-electron chi connectivity index (χ0n) is 18.7. The van der Waals surface area contributed by atoms with Crippen molar-refractivity contribution >= 4 is 6.21 Å². The lowest BCUT2D eigenvalue weighted by molar-refractivity contribution is -0.305. The first-order valence-corrected chi connectivity index (χ1v) is 10.3. The van der Waals surface area contributed by atoms with Gasteiger partial charge in [-0.05, 0) is 42.3 Å². The summed E-state index contributed by atoms with van der Waals surface area (Å²) in [5, 5.41) is 4.06. The molecule has 32 heavy (non-hydrogen) atoms. The maximum Gasteiger partial charge on any atom is 0.256 e. The summed E-state index contributed by atoms with van der Waals surface area (Å²) < 4.78 is 35.0. The van der Waals surface area contributed by atoms with Crippen LogP contribution in [0.15, 0.2) is 53.7 Å². The molecular formula is C25H28FNO5. The molecule has 0 bridgehead atoms. The van der Waals surface area contributed by atoms with Crippen LogP contribution in [0.5, 0.6) is 0 Å². The summed E-state index contributed by atoms with van der Waals surface area (Å²) >= 11 is 0. The molecule has 3 rings (SSSR count). The van der Waals surface area contributed by atoms with Crippen LogP contribution in [0.3, 0.4) is 0 Å². The van der Waals surface area contributed by atoms with Gasteiger partial charge in [0.2, 0.25) is 0 Å². The second-order valence-electron chi connectivity index (χ2n) is 7.35. The molecule has 0 aliphatic carbocycles. The Hall–Kier alpha value is -2.76. The lowest BCUT2D eigenvalue weighted by Gasteiger charge is -2.42. The Morgan fingerprint density at radius 2 is 1.44 bits per heavy atom. The Morgan fingerprint density at radius 3 is 1.97 bits per heavy atom. The minimum atomic E-state index is -0.725. The van der Waals surface area contributed by atoms with E-state index < -0.39 is 19.1 Å². The van der Waals surface area contributed by atoms with E-state index in [0.717, 1.165) is 16.7 Å². The lowest BCUT2D eigenvalue weighted by atomic mass is 9.99. The van der Waals surface area contributed by atoms with Gasteiger partial charge in [-0.25, -0.2) is 4.39 Å². The number of hydrogen-bond acceptors (Lipinski definition) is 6. The SMILES string of the molecule is CO[C@@H]1[C@@H](OC)[C@H](C)O[C@@H](O/N=C/c2ccc(C#Cc3ccc(CF)cc3)cc2)[C@@H]1OC. The standard InChI is InChI=1S/C25H28FNO5/c1-17-22(28-2)23(29-3)24(30-4)25(31-17)32-27-16-21-13-9-19(10-14-21)6-5-18-7-11-20(15-26)12-8-18/h7-14,16-17,22-25H,15H2,1-4H3/b27-16+/t17-,22-,23+,24+,25-/m0/s1. The quantitative estimate of drug-likeness (QED) is 0.373. The molecule has 0 N–H and O–H groups in total. The van der Waals surface area contributed by atoms with E-state index in [1.54, 1.807) is 39.7 Å². The number of halogens is 1. The summed E-state index contributed by atoms with van der Waals surface area (Å²) in [6.07, 6.45) is -0.490. The van der Waals surface area contributed by atoms with Crippen molar-refractivity contribution in [2.24, 2.45) is 5.16 Å². The molecule has 1 aliphatic heterocycles. The minimum Gasteiger partial charge on any atom is -0.376 e. The van der Waals surface area contributed by atoms with Crippen molar-refractivity contribution in [1.29, 1.82) is 0 Å². The highest BCUT2D eigenvalue weighted by molar-refractivity contribution is 5.79. The number of methoxy groups -OCH3 is 3. The molecular weight excluding hydrogens is 413 g/mol. The van der Waals surface area contributed by atoms with Gasteiger partial charge in [-0.2, -0.15) is 0 Å². The molecule has 1 saturated heterocycles. The molecule has 5 atom stereocenters. The first kappa shape index (κ1) is 23.9. The zero-order valence-corrected chi connectivity index (χ0v) is 18.7. The van der Waals surface area contributed by atoms with Crippen molar-refractivity contribution in [1.82, 2.24) is 0 Å². The van der Waals surface area contributed by atoms with Crippen molar-refractivity contribution in [3.05, 3.63) is 70.8 Å². The molecule has 2 aromatic carbocycles. The summed E-state index contributed by atoms with van der Waals surface area (Å²) in [6, 6.07) is 14.7. The smallest absolute Gasteiger partial charge is 0.256 e. The molecule has 0 aromatic heterocycles. The summed E-state index contributed by atoms with van der Waals surface area (Å²) in [5.41, 5.74) is 3.18. The second-order valence-corrected chi connectivity index (χ2v) is 7.35. The maximum absolute atomic E-state index is 12.6. The summed E-state index contributed by atoms with van der Waals surface area (Å²) in [6.45, 7) is 1.42. The van der Waals surface area contributed by atoms with Crippen molar-refractivity contribution in [2.75, 3.05) is 21.3 Å². The fraction of sp³-hybridized carbons (Fsp3) is 0.400. The van der Waals surface area contributed by atoms with Gasteiger partial charge in [-0.3, -0.25) is 0 Å². The van der Waals surface area contributed by atoms with Gasteiger partial charge < -0.3 is 23.8 Å². The Balaban J connectivity index is 1.60. The highest BCUT2D eigenvalue weighted by Crippen LogP contribution is 2.27. The van der Waals surface area contributed by atoms with Gasteiger partial charge in [-0.1, -0.05) is 41.3 Å². The van der Waals surface area contributed by atoms with Crippen molar-refractivity contribution in [3.63, 3.8) is 0 Å². The predicted molar refractivity (Wildman–Crippen MR) is 119 cm³/mol. The topological polar surface area (TPSA) is 58.5 Å². The van der Waals surface area contributed by atoms with E-state index in [0.29, 0.717) is 5.56 Å². The molecule has 2 aromatic rings. The lowest BCUT2D eigenvalue weighted by Crippen LogP contribution is -2.59. The van der Waals surface area contributed by atoms with E-state index in [-0.39, 0.29) is 18.3 Å². The Morgan fingerprint density at radius 1 is 0.875 bits per heavy atom. The Labute approximate surface area is 188 Å². The average Bonchev–Trinajstić information content (AvgIpc) is 2.83. The van der Waals surface area contributed by atoms with Gasteiger partial charge in [0.1, 0.15) is 18.9 Å². The summed E-state index contributed by atoms with van der Waals surface area (Å²) in [7, 11) is 4.78. The first-order valence-electron chi connectivity index (χ1n) is 10.3. The van der Waals surface area contributed by atoms with Crippen LogP contribution in [0.4, 0.5) is 4.39 Å². The predicted octanol–water partition coefficient (Wildman–Crippen LogP) is 3.70. The van der Waals surface area contributed by atoms with Crippen LogP contribution in [0, 0.1) is 11.8 Å². The van der Waals surface area contributed by atoms with Gasteiger partial charge in [0, 0.05) is 32.5 Å². The summed E-state index contributed by atoms with van der Waals surface area (Å²) in [5.74, 6) is 6.16. The van der Waals surface area contributed by atoms with Crippen molar-refractivity contribution < 1.29 is 28.2 Å². The average molecular weight is 441 g/mol. The van der Waals surface area contributed by atoms with E-state index >= 15 is 0 Å². The van der Waals surface area contributed by atoms with E-state index in [4.69, 9.17) is 23.8 Å². The molecule has 0 amide bonds. The molecule has 6 nitrogen and oxygen atoms in total. The fourth-order valence-corrected chi connectivity index (χ4v) is 3.52. The molecule has 0 spiro atoms. The molecule has 7 heteroatoms. The fourth-order valence-electron chi connectivity index (χ4n) is 3.52. The molecule has 170 valence electrons. The maximum atomic E-state index is 12.6. The van der Waals surface area contributed by atoms with E-state index in [1.165, 1.54) is 0 Å². The Bertz CT molecular complexity index is 936. The largest absolute Gasteiger partial charge is 0.376 e. The second kappa shape index (κ2) is 11.7. The number of rotatable bonds is 7. The minimum absolute atomic E-state index is 0.248. The highest BCUT2D eigenvalue weighted by atomic mass is 19.1. The molecule has 1 heterocycles. The van der Waals surface area contributed by atoms with Crippen LogP contribution in [0.1, 0.15) is 29.2 Å². The summed E-state index contributed by atoms with van der Waals surface area (Å²) in [4.78, 5) is 5.57. The van der Waals surface area contributed by atoms with Gasteiger partial charge >= 0.3 is 0 Å². The molecule has 1 aliphatic rings. The van der Waals surface area contributed by atoms with Crippen LogP contribution >= 0.6 is 0 Å². The molecule has 0 saturated carbocycles. The number of ether oxygens (including phenoxy) is 4. The number of hydrogen-bond donors (Lipinski definition) is 0. The van der Waals surface area contributed by atoms with Crippen LogP contribution in [-0.4, -0.2) is 58.2 Å². The monoisotopic (exact) mass is 441 g/mol. The number of oxime groups is 1. The number of benzene rings is 2. The van der Waals surface area contributed by atoms with E-state index in [9.17, 15) is 4.39 Å². The third-order valence-corrected chi connectivity index (χ3v) is 5.28. The number of nitrogens with zero attached hydrogens (tertiary/aromatic N) is 1. The molecule has 1 fully saturated rings. The number of alkyl halides is 1.